The predicted molar refractivity (Wildman–Crippen MR) is 52.4 cm³/mol. The van der Waals surface area contributed by atoms with Crippen LogP contribution in [-0.2, 0) is 9.53 Å². The third-order valence-electron chi connectivity index (χ3n) is 2.43. The number of hydrogen-bond acceptors (Lipinski definition) is 2. The van der Waals surface area contributed by atoms with Crippen molar-refractivity contribution in [3.8, 4) is 0 Å². The monoisotopic (exact) mass is 174 g/mol. The molecule has 2 nitrogen and oxygen atoms in total. The summed E-state index contributed by atoms with van der Waals surface area (Å²) in [7, 11) is 1.82. The van der Waals surface area contributed by atoms with Gasteiger partial charge in [-0.2, -0.15) is 0 Å². The molecule has 0 rings (SSSR count). The van der Waals surface area contributed by atoms with Gasteiger partial charge in [-0.05, 0) is 19.3 Å². The Kier molecular flexibility index (Phi) is 10.3. The van der Waals surface area contributed by atoms with Gasteiger partial charge in [0.2, 0.25) is 0 Å². The second-order valence-corrected chi connectivity index (χ2v) is 2.84. The van der Waals surface area contributed by atoms with E-state index in [-0.39, 0.29) is 5.60 Å². The lowest BCUT2D eigenvalue weighted by Gasteiger charge is -2.29. The quantitative estimate of drug-likeness (QED) is 0.640. The third-order valence-corrected chi connectivity index (χ3v) is 2.43. The van der Waals surface area contributed by atoms with Crippen LogP contribution in [0.3, 0.4) is 0 Å². The van der Waals surface area contributed by atoms with Crippen molar-refractivity contribution in [3.05, 3.63) is 0 Å². The summed E-state index contributed by atoms with van der Waals surface area (Å²) >= 11 is 0. The lowest BCUT2D eigenvalue weighted by molar-refractivity contribution is -0.0979. The summed E-state index contributed by atoms with van der Waals surface area (Å²) in [6, 6.07) is 0. The smallest absolute Gasteiger partial charge is 0.106 e. The summed E-state index contributed by atoms with van der Waals surface area (Å²) in [4.78, 5) is 8.00. The van der Waals surface area contributed by atoms with Crippen molar-refractivity contribution in [2.24, 2.45) is 0 Å². The molecule has 0 unspecified atom stereocenters. The van der Waals surface area contributed by atoms with Crippen LogP contribution in [-0.4, -0.2) is 19.5 Å². The van der Waals surface area contributed by atoms with E-state index in [1.807, 2.05) is 13.9 Å². The Balaban J connectivity index is 0. The average Bonchev–Trinajstić information content (AvgIpc) is 2.18. The van der Waals surface area contributed by atoms with Crippen molar-refractivity contribution in [2.45, 2.75) is 52.1 Å². The van der Waals surface area contributed by atoms with Gasteiger partial charge in [-0.3, -0.25) is 0 Å². The molecule has 0 spiro atoms. The van der Waals surface area contributed by atoms with Crippen LogP contribution in [0.4, 0.5) is 0 Å². The first kappa shape index (κ1) is 14.2. The summed E-state index contributed by atoms with van der Waals surface area (Å²) in [6.45, 7) is 8.60. The minimum atomic E-state index is 0.175. The van der Waals surface area contributed by atoms with Crippen LogP contribution in [0.2, 0.25) is 0 Å². The van der Waals surface area contributed by atoms with E-state index in [2.05, 4.69) is 20.8 Å². The van der Waals surface area contributed by atoms with E-state index in [1.165, 1.54) is 12.8 Å². The molecular formula is C10H22O2. The van der Waals surface area contributed by atoms with Crippen molar-refractivity contribution < 1.29 is 9.53 Å². The average molecular weight is 174 g/mol. The molecule has 2 heteroatoms. The standard InChI is InChI=1S/C9H20O.CH2O/c1-5-8-9(6-2,7-3)10-4;1-2/h5-8H2,1-4H3;1H2. The fraction of sp³-hybridized carbons (Fsp3) is 0.900. The van der Waals surface area contributed by atoms with Gasteiger partial charge in [-0.25, -0.2) is 0 Å². The molecule has 0 saturated heterocycles. The summed E-state index contributed by atoms with van der Waals surface area (Å²) in [5.41, 5.74) is 0.175. The van der Waals surface area contributed by atoms with Crippen molar-refractivity contribution in [1.29, 1.82) is 0 Å². The van der Waals surface area contributed by atoms with Gasteiger partial charge in [0.15, 0.2) is 0 Å². The van der Waals surface area contributed by atoms with Gasteiger partial charge in [-0.15, -0.1) is 0 Å². The van der Waals surface area contributed by atoms with Crippen LogP contribution >= 0.6 is 0 Å². The van der Waals surface area contributed by atoms with Crippen molar-refractivity contribution in [3.63, 3.8) is 0 Å². The molecule has 0 aliphatic rings. The van der Waals surface area contributed by atoms with E-state index in [9.17, 15) is 0 Å². The van der Waals surface area contributed by atoms with Gasteiger partial charge in [-0.1, -0.05) is 27.2 Å². The molecule has 0 aromatic carbocycles. The second kappa shape index (κ2) is 8.72. The molecule has 0 atom stereocenters. The molecule has 0 radical (unpaired) electrons. The summed E-state index contributed by atoms with van der Waals surface area (Å²) in [6.07, 6.45) is 4.67. The highest BCUT2D eigenvalue weighted by atomic mass is 16.5. The highest BCUT2D eigenvalue weighted by Gasteiger charge is 2.23. The highest BCUT2D eigenvalue weighted by molar-refractivity contribution is 5.10. The maximum Gasteiger partial charge on any atom is 0.106 e. The first-order chi connectivity index (χ1) is 5.74. The Morgan fingerprint density at radius 2 is 1.58 bits per heavy atom. The fourth-order valence-electron chi connectivity index (χ4n) is 1.45. The van der Waals surface area contributed by atoms with E-state index in [1.54, 1.807) is 0 Å². The molecule has 12 heavy (non-hydrogen) atoms. The van der Waals surface area contributed by atoms with Crippen LogP contribution in [0.1, 0.15) is 46.5 Å². The molecule has 74 valence electrons. The second-order valence-electron chi connectivity index (χ2n) is 2.84. The Morgan fingerprint density at radius 1 is 1.17 bits per heavy atom. The first-order valence-corrected chi connectivity index (χ1v) is 4.58. The summed E-state index contributed by atoms with van der Waals surface area (Å²) in [5, 5.41) is 0. The van der Waals surface area contributed by atoms with Crippen molar-refractivity contribution >= 4 is 6.79 Å². The maximum absolute atomic E-state index is 8.00. The van der Waals surface area contributed by atoms with Crippen LogP contribution in [0.15, 0.2) is 0 Å². The topological polar surface area (TPSA) is 26.3 Å². The molecule has 0 bridgehead atoms. The minimum Gasteiger partial charge on any atom is -0.378 e. The van der Waals surface area contributed by atoms with Gasteiger partial charge in [0.05, 0.1) is 5.60 Å². The van der Waals surface area contributed by atoms with Gasteiger partial charge in [0, 0.05) is 7.11 Å². The number of rotatable bonds is 5. The molecule has 0 aliphatic carbocycles. The van der Waals surface area contributed by atoms with Gasteiger partial charge < -0.3 is 9.53 Å². The molecule has 0 aromatic rings. The SMILES string of the molecule is C=O.CCCC(CC)(CC)OC. The van der Waals surface area contributed by atoms with E-state index >= 15 is 0 Å². The Morgan fingerprint density at radius 3 is 1.67 bits per heavy atom. The van der Waals surface area contributed by atoms with Crippen LogP contribution in [0, 0.1) is 0 Å². The van der Waals surface area contributed by atoms with Crippen molar-refractivity contribution in [2.75, 3.05) is 7.11 Å². The fourth-order valence-corrected chi connectivity index (χ4v) is 1.45. The van der Waals surface area contributed by atoms with E-state index < -0.39 is 0 Å². The molecule has 0 fully saturated rings. The normalized spacial score (nSPS) is 10.3. The lowest BCUT2D eigenvalue weighted by atomic mass is 9.92. The molecule has 0 aromatic heterocycles. The number of carbonyl (C=O) groups is 1. The van der Waals surface area contributed by atoms with Crippen LogP contribution < -0.4 is 0 Å². The van der Waals surface area contributed by atoms with Crippen LogP contribution in [0.25, 0.3) is 0 Å². The number of methoxy groups -OCH3 is 1. The zero-order valence-electron chi connectivity index (χ0n) is 8.85. The van der Waals surface area contributed by atoms with Crippen molar-refractivity contribution in [1.82, 2.24) is 0 Å². The summed E-state index contributed by atoms with van der Waals surface area (Å²) in [5.74, 6) is 0. The first-order valence-electron chi connectivity index (χ1n) is 4.58. The highest BCUT2D eigenvalue weighted by Crippen LogP contribution is 2.24. The van der Waals surface area contributed by atoms with Gasteiger partial charge in [0.25, 0.3) is 0 Å². The Bertz CT molecular complexity index is 79.6. The molecule has 0 aliphatic heterocycles. The minimum absolute atomic E-state index is 0.175. The predicted octanol–water partition coefficient (Wildman–Crippen LogP) is 2.81. The summed E-state index contributed by atoms with van der Waals surface area (Å²) < 4.78 is 5.48. The molecule has 0 N–H and O–H groups in total. The van der Waals surface area contributed by atoms with Gasteiger partial charge in [0.1, 0.15) is 6.79 Å². The molecular weight excluding hydrogens is 152 g/mol. The van der Waals surface area contributed by atoms with E-state index in [0.29, 0.717) is 0 Å². The molecule has 0 amide bonds. The Labute approximate surface area is 76.3 Å². The Hall–Kier alpha value is -0.370. The number of ether oxygens (including phenoxy) is 1. The number of hydrogen-bond donors (Lipinski definition) is 0. The number of carbonyl (C=O) groups excluding carboxylic acids is 1. The molecule has 0 heterocycles. The van der Waals surface area contributed by atoms with E-state index in [4.69, 9.17) is 9.53 Å². The van der Waals surface area contributed by atoms with Gasteiger partial charge >= 0.3 is 0 Å². The molecule has 0 saturated carbocycles. The third kappa shape index (κ3) is 4.50. The maximum atomic E-state index is 8.00. The lowest BCUT2D eigenvalue weighted by Crippen LogP contribution is -2.29. The van der Waals surface area contributed by atoms with E-state index in [0.717, 1.165) is 12.8 Å². The largest absolute Gasteiger partial charge is 0.378 e. The zero-order valence-corrected chi connectivity index (χ0v) is 8.85. The van der Waals surface area contributed by atoms with Crippen LogP contribution in [0.5, 0.6) is 0 Å². The zero-order chi connectivity index (χ0) is 10.0.